The van der Waals surface area contributed by atoms with Gasteiger partial charge in [-0.05, 0) is 12.8 Å². The third-order valence-corrected chi connectivity index (χ3v) is 2.33. The van der Waals surface area contributed by atoms with E-state index >= 15 is 0 Å². The Labute approximate surface area is 67.5 Å². The van der Waals surface area contributed by atoms with E-state index in [-0.39, 0.29) is 0 Å². The van der Waals surface area contributed by atoms with Gasteiger partial charge in [0.25, 0.3) is 0 Å². The van der Waals surface area contributed by atoms with Crippen molar-refractivity contribution >= 4 is 23.2 Å². The van der Waals surface area contributed by atoms with Gasteiger partial charge in [0, 0.05) is 0 Å². The molecule has 9 heavy (non-hydrogen) atoms. The van der Waals surface area contributed by atoms with Gasteiger partial charge in [0.1, 0.15) is 4.33 Å². The van der Waals surface area contributed by atoms with Crippen molar-refractivity contribution in [1.82, 2.24) is 0 Å². The fourth-order valence-corrected chi connectivity index (χ4v) is 0.879. The van der Waals surface area contributed by atoms with Crippen LogP contribution in [0.1, 0.15) is 39.5 Å². The Bertz CT molecular complexity index is 69.3. The maximum atomic E-state index is 5.86. The average molecular weight is 169 g/mol. The number of rotatable bonds is 4. The van der Waals surface area contributed by atoms with E-state index in [9.17, 15) is 0 Å². The quantitative estimate of drug-likeness (QED) is 0.562. The van der Waals surface area contributed by atoms with Gasteiger partial charge in [-0.15, -0.1) is 23.2 Å². The predicted octanol–water partition coefficient (Wildman–Crippen LogP) is 3.76. The molecule has 0 fully saturated rings. The van der Waals surface area contributed by atoms with Crippen molar-refractivity contribution in [2.75, 3.05) is 0 Å². The van der Waals surface area contributed by atoms with E-state index in [0.29, 0.717) is 0 Å². The second-order valence-corrected chi connectivity index (χ2v) is 3.95. The maximum absolute atomic E-state index is 5.86. The van der Waals surface area contributed by atoms with E-state index in [2.05, 4.69) is 6.92 Å². The van der Waals surface area contributed by atoms with Crippen molar-refractivity contribution in [3.8, 4) is 0 Å². The lowest BCUT2D eigenvalue weighted by Gasteiger charge is -2.15. The molecule has 0 radical (unpaired) electrons. The van der Waals surface area contributed by atoms with Gasteiger partial charge in [-0.3, -0.25) is 0 Å². The van der Waals surface area contributed by atoms with Crippen LogP contribution in [0.15, 0.2) is 0 Å². The monoisotopic (exact) mass is 168 g/mol. The molecule has 0 unspecified atom stereocenters. The Balaban J connectivity index is 3.33. The number of alkyl halides is 2. The summed E-state index contributed by atoms with van der Waals surface area (Å²) in [6.07, 6.45) is 4.06. The van der Waals surface area contributed by atoms with Gasteiger partial charge >= 0.3 is 0 Å². The van der Waals surface area contributed by atoms with Gasteiger partial charge in [0.05, 0.1) is 0 Å². The molecule has 56 valence electrons. The van der Waals surface area contributed by atoms with E-state index < -0.39 is 4.33 Å². The first-order valence-corrected chi connectivity index (χ1v) is 4.26. The van der Waals surface area contributed by atoms with Crippen LogP contribution < -0.4 is 0 Å². The molecule has 0 saturated heterocycles. The number of hydrogen-bond acceptors (Lipinski definition) is 0. The maximum Gasteiger partial charge on any atom is 0.118 e. The molecule has 0 aromatic rings. The Morgan fingerprint density at radius 2 is 1.78 bits per heavy atom. The summed E-state index contributed by atoms with van der Waals surface area (Å²) in [5, 5.41) is 0. The molecule has 0 spiro atoms. The van der Waals surface area contributed by atoms with Crippen LogP contribution in [-0.2, 0) is 0 Å². The largest absolute Gasteiger partial charge is 0.118 e. The molecular weight excluding hydrogens is 155 g/mol. The third kappa shape index (κ3) is 5.05. The first kappa shape index (κ1) is 9.58. The molecule has 0 aliphatic rings. The van der Waals surface area contributed by atoms with Crippen LogP contribution in [-0.4, -0.2) is 4.33 Å². The number of hydrogen-bond donors (Lipinski definition) is 0. The molecule has 0 rings (SSSR count). The molecule has 0 N–H and O–H groups in total. The highest BCUT2D eigenvalue weighted by Gasteiger charge is 2.19. The van der Waals surface area contributed by atoms with Crippen molar-refractivity contribution in [2.45, 2.75) is 43.9 Å². The molecule has 0 bridgehead atoms. The second kappa shape index (κ2) is 4.40. The molecule has 0 atom stereocenters. The summed E-state index contributed by atoms with van der Waals surface area (Å²) >= 11 is 11.7. The van der Waals surface area contributed by atoms with Crippen molar-refractivity contribution in [3.05, 3.63) is 0 Å². The van der Waals surface area contributed by atoms with E-state index in [0.717, 1.165) is 19.3 Å². The average Bonchev–Trinajstić information content (AvgIpc) is 1.84. The van der Waals surface area contributed by atoms with Crippen LogP contribution in [0.4, 0.5) is 0 Å². The molecule has 0 heterocycles. The normalized spacial score (nSPS) is 12.0. The Kier molecular flexibility index (Phi) is 4.69. The van der Waals surface area contributed by atoms with E-state index in [4.69, 9.17) is 23.2 Å². The Morgan fingerprint density at radius 3 is 2.11 bits per heavy atom. The lowest BCUT2D eigenvalue weighted by atomic mass is 10.1. The highest BCUT2D eigenvalue weighted by atomic mass is 35.5. The summed E-state index contributed by atoms with van der Waals surface area (Å²) in [4.78, 5) is 0. The van der Waals surface area contributed by atoms with Crippen molar-refractivity contribution in [3.63, 3.8) is 0 Å². The van der Waals surface area contributed by atoms with Crippen molar-refractivity contribution in [2.24, 2.45) is 0 Å². The third-order valence-electron chi connectivity index (χ3n) is 1.41. The van der Waals surface area contributed by atoms with Crippen molar-refractivity contribution in [1.29, 1.82) is 0 Å². The molecule has 0 saturated carbocycles. The molecule has 0 aliphatic carbocycles. The number of halogens is 2. The van der Waals surface area contributed by atoms with Crippen LogP contribution in [0.5, 0.6) is 0 Å². The highest BCUT2D eigenvalue weighted by molar-refractivity contribution is 6.48. The summed E-state index contributed by atoms with van der Waals surface area (Å²) < 4.78 is -0.462. The lowest BCUT2D eigenvalue weighted by Crippen LogP contribution is -2.09. The van der Waals surface area contributed by atoms with Gasteiger partial charge in [0.2, 0.25) is 0 Å². The highest BCUT2D eigenvalue weighted by Crippen LogP contribution is 2.30. The SMILES string of the molecule is CCCCC(Cl)(Cl)CC. The molecule has 0 aromatic heterocycles. The summed E-state index contributed by atoms with van der Waals surface area (Å²) in [5.74, 6) is 0. The van der Waals surface area contributed by atoms with Gasteiger partial charge in [-0.25, -0.2) is 0 Å². The summed E-state index contributed by atoms with van der Waals surface area (Å²) in [6, 6.07) is 0. The van der Waals surface area contributed by atoms with Crippen LogP contribution in [0.3, 0.4) is 0 Å². The second-order valence-electron chi connectivity index (χ2n) is 2.31. The van der Waals surface area contributed by atoms with Gasteiger partial charge in [-0.2, -0.15) is 0 Å². The smallest absolute Gasteiger partial charge is 0.102 e. The van der Waals surface area contributed by atoms with Gasteiger partial charge < -0.3 is 0 Å². The van der Waals surface area contributed by atoms with Crippen LogP contribution >= 0.6 is 23.2 Å². The van der Waals surface area contributed by atoms with Crippen LogP contribution in [0.25, 0.3) is 0 Å². The molecular formula is C7H14Cl2. The van der Waals surface area contributed by atoms with E-state index in [1.165, 1.54) is 6.42 Å². The molecule has 2 heteroatoms. The standard InChI is InChI=1S/C7H14Cl2/c1-3-5-6-7(8,9)4-2/h3-6H2,1-2H3. The Morgan fingerprint density at radius 1 is 1.22 bits per heavy atom. The molecule has 0 amide bonds. The first-order chi connectivity index (χ1) is 4.12. The fraction of sp³-hybridized carbons (Fsp3) is 1.00. The van der Waals surface area contributed by atoms with Gasteiger partial charge in [-0.1, -0.05) is 26.7 Å². The number of unbranched alkanes of at least 4 members (excludes halogenated alkanes) is 1. The molecule has 0 nitrogen and oxygen atoms in total. The van der Waals surface area contributed by atoms with Crippen molar-refractivity contribution < 1.29 is 0 Å². The predicted molar refractivity (Wildman–Crippen MR) is 44.3 cm³/mol. The van der Waals surface area contributed by atoms with Crippen LogP contribution in [0.2, 0.25) is 0 Å². The fourth-order valence-electron chi connectivity index (χ4n) is 0.612. The summed E-state index contributed by atoms with van der Waals surface area (Å²) in [6.45, 7) is 4.15. The Hall–Kier alpha value is 0.580. The minimum atomic E-state index is -0.462. The topological polar surface area (TPSA) is 0 Å². The summed E-state index contributed by atoms with van der Waals surface area (Å²) in [5.41, 5.74) is 0. The first-order valence-electron chi connectivity index (χ1n) is 3.50. The zero-order valence-corrected chi connectivity index (χ0v) is 7.60. The minimum Gasteiger partial charge on any atom is -0.102 e. The van der Waals surface area contributed by atoms with Gasteiger partial charge in [0.15, 0.2) is 0 Å². The zero-order valence-electron chi connectivity index (χ0n) is 6.08. The van der Waals surface area contributed by atoms with E-state index in [1.807, 2.05) is 6.92 Å². The molecule has 0 aromatic carbocycles. The lowest BCUT2D eigenvalue weighted by molar-refractivity contribution is 0.620. The van der Waals surface area contributed by atoms with E-state index in [1.54, 1.807) is 0 Å². The summed E-state index contributed by atoms with van der Waals surface area (Å²) in [7, 11) is 0. The van der Waals surface area contributed by atoms with Crippen LogP contribution in [0, 0.1) is 0 Å². The zero-order chi connectivity index (χ0) is 7.33. The molecule has 0 aliphatic heterocycles. The minimum absolute atomic E-state index is 0.462.